The van der Waals surface area contributed by atoms with Crippen LogP contribution in [0.15, 0.2) is 42.6 Å². The van der Waals surface area contributed by atoms with E-state index in [-0.39, 0.29) is 23.1 Å². The molecule has 0 saturated heterocycles. The smallest absolute Gasteiger partial charge is 0.328 e. The molecule has 0 spiro atoms. The Bertz CT molecular complexity index is 992. The van der Waals surface area contributed by atoms with E-state index in [4.69, 9.17) is 18.9 Å². The van der Waals surface area contributed by atoms with Crippen LogP contribution in [0, 0.1) is 5.92 Å². The van der Waals surface area contributed by atoms with Gasteiger partial charge in [0.15, 0.2) is 11.4 Å². The van der Waals surface area contributed by atoms with Crippen LogP contribution >= 0.6 is 0 Å². The fourth-order valence-corrected chi connectivity index (χ4v) is 3.66. The second-order valence-electron chi connectivity index (χ2n) is 8.09. The number of carbonyl (C=O) groups excluding carboxylic acids is 3. The molecule has 1 aromatic heterocycles. The number of rotatable bonds is 12. The van der Waals surface area contributed by atoms with Gasteiger partial charge in [0.1, 0.15) is 24.0 Å². The summed E-state index contributed by atoms with van der Waals surface area (Å²) in [5.41, 5.74) is -0.184. The van der Waals surface area contributed by atoms with Crippen molar-refractivity contribution in [2.45, 2.75) is 65.7 Å². The number of nitrogens with one attached hydrogen (secondary N) is 1. The first-order chi connectivity index (χ1) is 16.7. The highest BCUT2D eigenvalue weighted by molar-refractivity contribution is 5.98. The highest BCUT2D eigenvalue weighted by Gasteiger charge is 2.32. The summed E-state index contributed by atoms with van der Waals surface area (Å²) in [6.45, 7) is 8.63. The van der Waals surface area contributed by atoms with Gasteiger partial charge in [-0.25, -0.2) is 9.78 Å². The molecule has 2 rings (SSSR count). The lowest BCUT2D eigenvalue weighted by molar-refractivity contribution is -0.159. The zero-order valence-corrected chi connectivity index (χ0v) is 21.1. The Labute approximate surface area is 206 Å². The fraction of sp³-hybridized carbons (Fsp3) is 0.462. The first-order valence-corrected chi connectivity index (χ1v) is 11.7. The number of amides is 1. The van der Waals surface area contributed by atoms with Gasteiger partial charge in [-0.3, -0.25) is 9.59 Å². The number of pyridine rings is 1. The molecular weight excluding hydrogens is 452 g/mol. The predicted octanol–water partition coefficient (Wildman–Crippen LogP) is 3.95. The number of aromatic nitrogens is 1. The number of methoxy groups -OCH3 is 1. The van der Waals surface area contributed by atoms with Gasteiger partial charge in [0.25, 0.3) is 5.91 Å². The predicted molar refractivity (Wildman–Crippen MR) is 130 cm³/mol. The van der Waals surface area contributed by atoms with Crippen LogP contribution in [0.4, 0.5) is 0 Å². The van der Waals surface area contributed by atoms with E-state index in [0.29, 0.717) is 5.75 Å². The van der Waals surface area contributed by atoms with Gasteiger partial charge < -0.3 is 24.3 Å². The van der Waals surface area contributed by atoms with E-state index in [1.165, 1.54) is 33.2 Å². The van der Waals surface area contributed by atoms with Crippen molar-refractivity contribution in [3.63, 3.8) is 0 Å². The molecule has 1 amide bonds. The number of hydrogen-bond acceptors (Lipinski definition) is 8. The molecular formula is C26H34N2O7. The zero-order chi connectivity index (χ0) is 26.0. The van der Waals surface area contributed by atoms with E-state index in [9.17, 15) is 14.4 Å². The van der Waals surface area contributed by atoms with E-state index >= 15 is 0 Å². The molecule has 35 heavy (non-hydrogen) atoms. The van der Waals surface area contributed by atoms with E-state index in [1.807, 2.05) is 51.1 Å². The number of benzene rings is 1. The fourth-order valence-electron chi connectivity index (χ4n) is 3.66. The normalized spacial score (nSPS) is 13.3. The van der Waals surface area contributed by atoms with Crippen molar-refractivity contribution >= 4 is 17.8 Å². The Balaban J connectivity index is 2.16. The van der Waals surface area contributed by atoms with Gasteiger partial charge in [0.05, 0.1) is 7.11 Å². The van der Waals surface area contributed by atoms with Crippen molar-refractivity contribution in [2.24, 2.45) is 5.92 Å². The zero-order valence-electron chi connectivity index (χ0n) is 21.1. The lowest BCUT2D eigenvalue weighted by Gasteiger charge is -2.31. The maximum atomic E-state index is 13.0. The van der Waals surface area contributed by atoms with Gasteiger partial charge >= 0.3 is 11.9 Å². The minimum absolute atomic E-state index is 0.0659. The highest BCUT2D eigenvalue weighted by atomic mass is 16.6. The molecule has 1 heterocycles. The second-order valence-corrected chi connectivity index (χ2v) is 8.09. The average molecular weight is 487 g/mol. The molecule has 1 unspecified atom stereocenters. The molecule has 0 aliphatic rings. The molecule has 9 heteroatoms. The molecule has 0 fully saturated rings. The quantitative estimate of drug-likeness (QED) is 0.449. The molecule has 0 bridgehead atoms. The third kappa shape index (κ3) is 7.70. The number of para-hydroxylation sites is 1. The molecule has 1 N–H and O–H groups in total. The average Bonchev–Trinajstić information content (AvgIpc) is 2.84. The standard InChI is InChI=1S/C26H34N2O7/c1-7-19(8-2)23(17(4)33-20-12-10-9-11-13-20)35-26(31)16(3)28-25(30)22-24(34-18(5)29)21(32-6)14-15-27-22/h9-17,19,23H,7-8H2,1-6H3,(H,28,30)/t16-,17-,23?/m0/s1. The van der Waals surface area contributed by atoms with Gasteiger partial charge in [-0.1, -0.05) is 32.0 Å². The van der Waals surface area contributed by atoms with E-state index in [1.54, 1.807) is 0 Å². The number of hydrogen-bond donors (Lipinski definition) is 1. The molecule has 0 aliphatic heterocycles. The van der Waals surface area contributed by atoms with Gasteiger partial charge in [0.2, 0.25) is 5.75 Å². The van der Waals surface area contributed by atoms with E-state index in [2.05, 4.69) is 10.3 Å². The molecule has 9 nitrogen and oxygen atoms in total. The third-order valence-corrected chi connectivity index (χ3v) is 5.54. The Kier molecular flexibility index (Phi) is 10.5. The van der Waals surface area contributed by atoms with Crippen LogP contribution in [0.5, 0.6) is 17.2 Å². The highest BCUT2D eigenvalue weighted by Crippen LogP contribution is 2.30. The van der Waals surface area contributed by atoms with Gasteiger partial charge in [-0.15, -0.1) is 0 Å². The lowest BCUT2D eigenvalue weighted by atomic mass is 9.93. The number of ether oxygens (including phenoxy) is 4. The Morgan fingerprint density at radius 3 is 2.26 bits per heavy atom. The first-order valence-electron chi connectivity index (χ1n) is 11.7. The Morgan fingerprint density at radius 2 is 1.69 bits per heavy atom. The maximum absolute atomic E-state index is 13.0. The van der Waals surface area contributed by atoms with E-state index in [0.717, 1.165) is 12.8 Å². The summed E-state index contributed by atoms with van der Waals surface area (Å²) in [5.74, 6) is -1.19. The van der Waals surface area contributed by atoms with Gasteiger partial charge in [-0.05, 0) is 44.7 Å². The van der Waals surface area contributed by atoms with Crippen LogP contribution in [-0.2, 0) is 14.3 Å². The minimum Gasteiger partial charge on any atom is -0.493 e. The van der Waals surface area contributed by atoms with Crippen LogP contribution in [-0.4, -0.2) is 48.2 Å². The summed E-state index contributed by atoms with van der Waals surface area (Å²) in [4.78, 5) is 41.4. The summed E-state index contributed by atoms with van der Waals surface area (Å²) in [6, 6.07) is 9.77. The van der Waals surface area contributed by atoms with Crippen molar-refractivity contribution in [1.82, 2.24) is 10.3 Å². The monoisotopic (exact) mass is 486 g/mol. The van der Waals surface area contributed by atoms with Gasteiger partial charge in [-0.2, -0.15) is 0 Å². The van der Waals surface area contributed by atoms with Crippen molar-refractivity contribution in [3.05, 3.63) is 48.3 Å². The SMILES string of the molecule is CCC(CC)C(OC(=O)[C@H](C)NC(=O)c1nccc(OC)c1OC(C)=O)[C@H](C)Oc1ccccc1. The maximum Gasteiger partial charge on any atom is 0.328 e. The summed E-state index contributed by atoms with van der Waals surface area (Å²) < 4.78 is 22.2. The van der Waals surface area contributed by atoms with Crippen molar-refractivity contribution in [2.75, 3.05) is 7.11 Å². The van der Waals surface area contributed by atoms with Crippen molar-refractivity contribution < 1.29 is 33.3 Å². The molecule has 1 aromatic carbocycles. The molecule has 2 aromatic rings. The van der Waals surface area contributed by atoms with Crippen LogP contribution in [0.25, 0.3) is 0 Å². The second kappa shape index (κ2) is 13.3. The number of nitrogens with zero attached hydrogens (tertiary/aromatic N) is 1. The molecule has 0 aliphatic carbocycles. The van der Waals surface area contributed by atoms with Crippen molar-refractivity contribution in [1.29, 1.82) is 0 Å². The molecule has 190 valence electrons. The van der Waals surface area contributed by atoms with Crippen LogP contribution in [0.2, 0.25) is 0 Å². The van der Waals surface area contributed by atoms with Crippen LogP contribution in [0.1, 0.15) is 57.9 Å². The minimum atomic E-state index is -0.999. The van der Waals surface area contributed by atoms with Crippen molar-refractivity contribution in [3.8, 4) is 17.2 Å². The lowest BCUT2D eigenvalue weighted by Crippen LogP contribution is -2.45. The van der Waals surface area contributed by atoms with Gasteiger partial charge in [0, 0.05) is 19.2 Å². The molecule has 0 radical (unpaired) electrons. The van der Waals surface area contributed by atoms with Crippen LogP contribution < -0.4 is 19.5 Å². The Hall–Kier alpha value is -3.62. The van der Waals surface area contributed by atoms with E-state index < -0.39 is 36.1 Å². The largest absolute Gasteiger partial charge is 0.493 e. The summed E-state index contributed by atoms with van der Waals surface area (Å²) in [6.07, 6.45) is 1.98. The Morgan fingerprint density at radius 1 is 1.03 bits per heavy atom. The summed E-state index contributed by atoms with van der Waals surface area (Å²) >= 11 is 0. The topological polar surface area (TPSA) is 113 Å². The van der Waals surface area contributed by atoms with Crippen LogP contribution in [0.3, 0.4) is 0 Å². The third-order valence-electron chi connectivity index (χ3n) is 5.54. The molecule has 0 saturated carbocycles. The summed E-state index contributed by atoms with van der Waals surface area (Å²) in [7, 11) is 1.38. The molecule has 3 atom stereocenters. The summed E-state index contributed by atoms with van der Waals surface area (Å²) in [5, 5.41) is 2.57. The first kappa shape index (κ1) is 27.6. The number of esters is 2. The number of carbonyl (C=O) groups is 3.